The normalized spacial score (nSPS) is 29.7. The van der Waals surface area contributed by atoms with Crippen LogP contribution >= 0.6 is 0 Å². The van der Waals surface area contributed by atoms with Gasteiger partial charge in [0.15, 0.2) is 0 Å². The predicted octanol–water partition coefficient (Wildman–Crippen LogP) is 2.91. The zero-order valence-electron chi connectivity index (χ0n) is 11.6. The number of carbonyl (C=O) groups excluding carboxylic acids is 1. The zero-order valence-corrected chi connectivity index (χ0v) is 11.6. The third-order valence-corrected chi connectivity index (χ3v) is 3.88. The van der Waals surface area contributed by atoms with Crippen LogP contribution in [0.15, 0.2) is 0 Å². The van der Waals surface area contributed by atoms with E-state index in [1.54, 1.807) is 6.92 Å². The molecule has 3 heteroatoms. The van der Waals surface area contributed by atoms with Crippen LogP contribution in [0.3, 0.4) is 0 Å². The van der Waals surface area contributed by atoms with Gasteiger partial charge < -0.3 is 9.84 Å². The Labute approximate surface area is 105 Å². The molecular weight excluding hydrogens is 216 g/mol. The quantitative estimate of drug-likeness (QED) is 0.771. The lowest BCUT2D eigenvalue weighted by Gasteiger charge is -2.44. The maximum Gasteiger partial charge on any atom is 0.311 e. The molecule has 0 aromatic carbocycles. The first-order valence-corrected chi connectivity index (χ1v) is 6.73. The molecule has 17 heavy (non-hydrogen) atoms. The number of carbonyl (C=O) groups is 1. The molecule has 0 heterocycles. The smallest absolute Gasteiger partial charge is 0.311 e. The van der Waals surface area contributed by atoms with E-state index in [0.717, 1.165) is 12.8 Å². The molecule has 0 amide bonds. The maximum atomic E-state index is 11.9. The summed E-state index contributed by atoms with van der Waals surface area (Å²) in [6.07, 6.45) is 4.16. The second-order valence-electron chi connectivity index (χ2n) is 6.01. The van der Waals surface area contributed by atoms with Gasteiger partial charge in [-0.15, -0.1) is 0 Å². The zero-order chi connectivity index (χ0) is 13.1. The lowest BCUT2D eigenvalue weighted by Crippen LogP contribution is -2.48. The van der Waals surface area contributed by atoms with Gasteiger partial charge in [-0.05, 0) is 38.0 Å². The van der Waals surface area contributed by atoms with Gasteiger partial charge in [-0.3, -0.25) is 4.79 Å². The number of ether oxygens (including phenoxy) is 1. The highest BCUT2D eigenvalue weighted by Gasteiger charge is 2.46. The van der Waals surface area contributed by atoms with Gasteiger partial charge in [0.2, 0.25) is 0 Å². The standard InChI is InChI=1S/C14H26O3/c1-5-11(12(15)17-6-2)14(16)9-7-8-13(3,4)10-14/h11,16H,5-10H2,1-4H3. The molecule has 0 saturated heterocycles. The fraction of sp³-hybridized carbons (Fsp3) is 0.929. The van der Waals surface area contributed by atoms with Crippen LogP contribution in [0.1, 0.15) is 59.8 Å². The van der Waals surface area contributed by atoms with Crippen LogP contribution in [0.2, 0.25) is 0 Å². The van der Waals surface area contributed by atoms with E-state index < -0.39 is 5.60 Å². The molecule has 0 bridgehead atoms. The average Bonchev–Trinajstić information content (AvgIpc) is 2.16. The van der Waals surface area contributed by atoms with E-state index in [4.69, 9.17) is 4.74 Å². The largest absolute Gasteiger partial charge is 0.466 e. The molecule has 0 aromatic rings. The van der Waals surface area contributed by atoms with Gasteiger partial charge in [-0.1, -0.05) is 27.2 Å². The van der Waals surface area contributed by atoms with Crippen LogP contribution in [0.5, 0.6) is 0 Å². The van der Waals surface area contributed by atoms with Crippen molar-refractivity contribution in [2.75, 3.05) is 6.61 Å². The Hall–Kier alpha value is -0.570. The summed E-state index contributed by atoms with van der Waals surface area (Å²) in [4.78, 5) is 11.9. The first-order valence-electron chi connectivity index (χ1n) is 6.73. The van der Waals surface area contributed by atoms with E-state index in [0.29, 0.717) is 25.9 Å². The van der Waals surface area contributed by atoms with Crippen molar-refractivity contribution >= 4 is 5.97 Å². The number of aliphatic hydroxyl groups is 1. The molecular formula is C14H26O3. The lowest BCUT2D eigenvalue weighted by atomic mass is 9.65. The first kappa shape index (κ1) is 14.5. The number of rotatable bonds is 4. The Morgan fingerprint density at radius 3 is 2.47 bits per heavy atom. The average molecular weight is 242 g/mol. The number of esters is 1. The van der Waals surface area contributed by atoms with Gasteiger partial charge in [0, 0.05) is 0 Å². The second-order valence-corrected chi connectivity index (χ2v) is 6.01. The highest BCUT2D eigenvalue weighted by molar-refractivity contribution is 5.73. The minimum absolute atomic E-state index is 0.118. The van der Waals surface area contributed by atoms with E-state index in [-0.39, 0.29) is 17.3 Å². The van der Waals surface area contributed by atoms with Crippen LogP contribution in [-0.2, 0) is 9.53 Å². The molecule has 1 N–H and O–H groups in total. The molecule has 0 radical (unpaired) electrons. The summed E-state index contributed by atoms with van der Waals surface area (Å²) in [7, 11) is 0. The van der Waals surface area contributed by atoms with Gasteiger partial charge in [0.05, 0.1) is 18.1 Å². The Morgan fingerprint density at radius 1 is 1.35 bits per heavy atom. The van der Waals surface area contributed by atoms with Gasteiger partial charge >= 0.3 is 5.97 Å². The van der Waals surface area contributed by atoms with Gasteiger partial charge in [0.25, 0.3) is 0 Å². The molecule has 0 aliphatic heterocycles. The van der Waals surface area contributed by atoms with E-state index in [9.17, 15) is 9.90 Å². The summed E-state index contributed by atoms with van der Waals surface area (Å²) in [6.45, 7) is 8.46. The maximum absolute atomic E-state index is 11.9. The summed E-state index contributed by atoms with van der Waals surface area (Å²) in [5.74, 6) is -0.614. The molecule has 100 valence electrons. The van der Waals surface area contributed by atoms with Crippen molar-refractivity contribution in [3.8, 4) is 0 Å². The third kappa shape index (κ3) is 3.44. The van der Waals surface area contributed by atoms with E-state index >= 15 is 0 Å². The minimum Gasteiger partial charge on any atom is -0.466 e. The number of hydrogen-bond acceptors (Lipinski definition) is 3. The highest BCUT2D eigenvalue weighted by atomic mass is 16.5. The van der Waals surface area contributed by atoms with E-state index in [1.165, 1.54) is 0 Å². The summed E-state index contributed by atoms with van der Waals surface area (Å²) >= 11 is 0. The van der Waals surface area contributed by atoms with Crippen molar-refractivity contribution in [1.29, 1.82) is 0 Å². The number of hydrogen-bond donors (Lipinski definition) is 1. The molecule has 2 unspecified atom stereocenters. The SMILES string of the molecule is CCOC(=O)C(CC)C1(O)CCCC(C)(C)C1. The van der Waals surface area contributed by atoms with Crippen molar-refractivity contribution < 1.29 is 14.6 Å². The Balaban J connectivity index is 2.82. The van der Waals surface area contributed by atoms with E-state index in [1.807, 2.05) is 6.92 Å². The monoisotopic (exact) mass is 242 g/mol. The Morgan fingerprint density at radius 2 is 2.00 bits per heavy atom. The molecule has 1 fully saturated rings. The molecule has 1 aliphatic rings. The Kier molecular flexibility index (Phi) is 4.59. The van der Waals surface area contributed by atoms with E-state index in [2.05, 4.69) is 13.8 Å². The first-order chi connectivity index (χ1) is 7.84. The molecule has 3 nitrogen and oxygen atoms in total. The lowest BCUT2D eigenvalue weighted by molar-refractivity contribution is -0.164. The highest BCUT2D eigenvalue weighted by Crippen LogP contribution is 2.45. The van der Waals surface area contributed by atoms with Crippen LogP contribution in [-0.4, -0.2) is 23.3 Å². The van der Waals surface area contributed by atoms with Gasteiger partial charge in [-0.25, -0.2) is 0 Å². The second kappa shape index (κ2) is 5.38. The van der Waals surface area contributed by atoms with Crippen LogP contribution in [0, 0.1) is 11.3 Å². The molecule has 1 saturated carbocycles. The van der Waals surface area contributed by atoms with Gasteiger partial charge in [-0.2, -0.15) is 0 Å². The van der Waals surface area contributed by atoms with Crippen molar-refractivity contribution in [2.45, 2.75) is 65.4 Å². The van der Waals surface area contributed by atoms with Crippen molar-refractivity contribution in [3.63, 3.8) is 0 Å². The Bertz CT molecular complexity index is 273. The summed E-state index contributed by atoms with van der Waals surface area (Å²) < 4.78 is 5.08. The van der Waals surface area contributed by atoms with Crippen molar-refractivity contribution in [1.82, 2.24) is 0 Å². The molecule has 1 rings (SSSR count). The van der Waals surface area contributed by atoms with Crippen molar-refractivity contribution in [3.05, 3.63) is 0 Å². The van der Waals surface area contributed by atoms with Gasteiger partial charge in [0.1, 0.15) is 0 Å². The molecule has 0 aromatic heterocycles. The topological polar surface area (TPSA) is 46.5 Å². The summed E-state index contributed by atoms with van der Waals surface area (Å²) in [5, 5.41) is 10.8. The minimum atomic E-state index is -0.872. The summed E-state index contributed by atoms with van der Waals surface area (Å²) in [5.41, 5.74) is -0.754. The fourth-order valence-corrected chi connectivity index (χ4v) is 3.18. The fourth-order valence-electron chi connectivity index (χ4n) is 3.18. The van der Waals surface area contributed by atoms with Crippen LogP contribution in [0.25, 0.3) is 0 Å². The molecule has 1 aliphatic carbocycles. The third-order valence-electron chi connectivity index (χ3n) is 3.88. The van der Waals surface area contributed by atoms with Crippen molar-refractivity contribution in [2.24, 2.45) is 11.3 Å². The van der Waals surface area contributed by atoms with Crippen LogP contribution in [0.4, 0.5) is 0 Å². The molecule has 0 spiro atoms. The van der Waals surface area contributed by atoms with Crippen LogP contribution < -0.4 is 0 Å². The predicted molar refractivity (Wildman–Crippen MR) is 67.6 cm³/mol. The summed E-state index contributed by atoms with van der Waals surface area (Å²) in [6, 6.07) is 0. The molecule has 2 atom stereocenters.